The fraction of sp³-hybridized carbons (Fsp3) is 0.222. The SMILES string of the molecule is O=C(NCC(=O)N1CCN(C(=O)c2ccccc2CF)CC1)c1ccc(-c2cc(F)ccc2F)cc1. The van der Waals surface area contributed by atoms with Gasteiger partial charge in [0.2, 0.25) is 5.91 Å². The zero-order chi connectivity index (χ0) is 25.7. The van der Waals surface area contributed by atoms with Crippen LogP contribution in [0.2, 0.25) is 0 Å². The molecule has 0 atom stereocenters. The molecule has 9 heteroatoms. The Morgan fingerprint density at radius 2 is 1.50 bits per heavy atom. The summed E-state index contributed by atoms with van der Waals surface area (Å²) < 4.78 is 40.6. The lowest BCUT2D eigenvalue weighted by Crippen LogP contribution is -2.52. The minimum atomic E-state index is -0.732. The molecule has 186 valence electrons. The molecular weight excluding hydrogens is 471 g/mol. The summed E-state index contributed by atoms with van der Waals surface area (Å²) in [7, 11) is 0. The van der Waals surface area contributed by atoms with Crippen LogP contribution in [0.3, 0.4) is 0 Å². The monoisotopic (exact) mass is 495 g/mol. The van der Waals surface area contributed by atoms with Crippen molar-refractivity contribution in [3.8, 4) is 11.1 Å². The van der Waals surface area contributed by atoms with Crippen LogP contribution in [-0.2, 0) is 11.5 Å². The molecule has 1 N–H and O–H groups in total. The Labute approximate surface area is 206 Å². The van der Waals surface area contributed by atoms with E-state index in [0.29, 0.717) is 42.9 Å². The molecule has 0 radical (unpaired) electrons. The van der Waals surface area contributed by atoms with Gasteiger partial charge < -0.3 is 15.1 Å². The van der Waals surface area contributed by atoms with Crippen molar-refractivity contribution < 1.29 is 27.6 Å². The molecule has 0 aromatic heterocycles. The maximum absolute atomic E-state index is 14.0. The Morgan fingerprint density at radius 1 is 0.833 bits per heavy atom. The summed E-state index contributed by atoms with van der Waals surface area (Å²) in [6.07, 6.45) is 0. The van der Waals surface area contributed by atoms with Crippen molar-refractivity contribution >= 4 is 17.7 Å². The van der Waals surface area contributed by atoms with E-state index in [4.69, 9.17) is 0 Å². The van der Waals surface area contributed by atoms with E-state index in [9.17, 15) is 27.6 Å². The van der Waals surface area contributed by atoms with Crippen molar-refractivity contribution in [2.45, 2.75) is 6.67 Å². The van der Waals surface area contributed by atoms with Crippen LogP contribution in [0.5, 0.6) is 0 Å². The van der Waals surface area contributed by atoms with Gasteiger partial charge in [0, 0.05) is 42.9 Å². The summed E-state index contributed by atoms with van der Waals surface area (Å²) in [5.74, 6) is -2.19. The number of halogens is 3. The van der Waals surface area contributed by atoms with Gasteiger partial charge in [-0.05, 0) is 47.5 Å². The molecule has 1 fully saturated rings. The Bertz CT molecular complexity index is 1270. The Morgan fingerprint density at radius 3 is 2.19 bits per heavy atom. The van der Waals surface area contributed by atoms with E-state index in [-0.39, 0.29) is 29.5 Å². The molecule has 6 nitrogen and oxygen atoms in total. The molecule has 3 aromatic carbocycles. The summed E-state index contributed by atoms with van der Waals surface area (Å²) in [6, 6.07) is 15.6. The van der Waals surface area contributed by atoms with Crippen molar-refractivity contribution in [3.05, 3.63) is 95.1 Å². The number of nitrogens with zero attached hydrogens (tertiary/aromatic N) is 2. The second kappa shape index (κ2) is 11.1. The molecule has 0 saturated carbocycles. The predicted octanol–water partition coefficient (Wildman–Crippen LogP) is 3.82. The summed E-state index contributed by atoms with van der Waals surface area (Å²) in [5.41, 5.74) is 1.42. The van der Waals surface area contributed by atoms with Gasteiger partial charge in [0.25, 0.3) is 11.8 Å². The van der Waals surface area contributed by atoms with Crippen LogP contribution in [0.4, 0.5) is 13.2 Å². The van der Waals surface area contributed by atoms with Gasteiger partial charge >= 0.3 is 0 Å². The van der Waals surface area contributed by atoms with E-state index in [1.54, 1.807) is 34.1 Å². The number of carbonyl (C=O) groups is 3. The molecule has 0 spiro atoms. The molecule has 4 rings (SSSR count). The topological polar surface area (TPSA) is 69.7 Å². The van der Waals surface area contributed by atoms with Crippen LogP contribution >= 0.6 is 0 Å². The van der Waals surface area contributed by atoms with E-state index in [1.807, 2.05) is 0 Å². The lowest BCUT2D eigenvalue weighted by molar-refractivity contribution is -0.131. The molecule has 0 aliphatic carbocycles. The Kier molecular flexibility index (Phi) is 7.68. The van der Waals surface area contributed by atoms with Crippen LogP contribution in [0.15, 0.2) is 66.7 Å². The van der Waals surface area contributed by atoms with Crippen LogP contribution < -0.4 is 5.32 Å². The molecule has 0 unspecified atom stereocenters. The highest BCUT2D eigenvalue weighted by atomic mass is 19.1. The highest BCUT2D eigenvalue weighted by Crippen LogP contribution is 2.24. The smallest absolute Gasteiger partial charge is 0.254 e. The third-order valence-electron chi connectivity index (χ3n) is 6.10. The van der Waals surface area contributed by atoms with Crippen LogP contribution in [-0.4, -0.2) is 60.2 Å². The summed E-state index contributed by atoms with van der Waals surface area (Å²) in [4.78, 5) is 40.9. The first-order valence-electron chi connectivity index (χ1n) is 11.4. The summed E-state index contributed by atoms with van der Waals surface area (Å²) in [6.45, 7) is 0.245. The minimum absolute atomic E-state index is 0.0861. The van der Waals surface area contributed by atoms with Crippen molar-refractivity contribution in [3.63, 3.8) is 0 Å². The highest BCUT2D eigenvalue weighted by molar-refractivity contribution is 5.97. The van der Waals surface area contributed by atoms with E-state index < -0.39 is 24.2 Å². The molecule has 1 saturated heterocycles. The zero-order valence-corrected chi connectivity index (χ0v) is 19.3. The molecule has 3 amide bonds. The molecule has 3 aromatic rings. The van der Waals surface area contributed by atoms with Crippen molar-refractivity contribution in [2.75, 3.05) is 32.7 Å². The second-order valence-corrected chi connectivity index (χ2v) is 8.35. The summed E-state index contributed by atoms with van der Waals surface area (Å²) >= 11 is 0. The van der Waals surface area contributed by atoms with Gasteiger partial charge in [-0.3, -0.25) is 14.4 Å². The van der Waals surface area contributed by atoms with Gasteiger partial charge in [0.1, 0.15) is 18.3 Å². The fourth-order valence-electron chi connectivity index (χ4n) is 4.06. The number of hydrogen-bond acceptors (Lipinski definition) is 3. The maximum atomic E-state index is 14.0. The third-order valence-corrected chi connectivity index (χ3v) is 6.10. The molecule has 0 bridgehead atoms. The zero-order valence-electron chi connectivity index (χ0n) is 19.3. The quantitative estimate of drug-likeness (QED) is 0.566. The average molecular weight is 496 g/mol. The predicted molar refractivity (Wildman–Crippen MR) is 128 cm³/mol. The average Bonchev–Trinajstić information content (AvgIpc) is 2.92. The summed E-state index contributed by atoms with van der Waals surface area (Å²) in [5, 5.41) is 2.56. The Balaban J connectivity index is 1.28. The first-order valence-corrected chi connectivity index (χ1v) is 11.4. The van der Waals surface area contributed by atoms with Gasteiger partial charge in [-0.2, -0.15) is 0 Å². The number of amides is 3. The van der Waals surface area contributed by atoms with Crippen molar-refractivity contribution in [1.82, 2.24) is 15.1 Å². The number of alkyl halides is 1. The van der Waals surface area contributed by atoms with Crippen LogP contribution in [0.25, 0.3) is 11.1 Å². The number of nitrogens with one attached hydrogen (secondary N) is 1. The van der Waals surface area contributed by atoms with Gasteiger partial charge in [0.15, 0.2) is 0 Å². The van der Waals surface area contributed by atoms with E-state index in [2.05, 4.69) is 5.32 Å². The molecule has 36 heavy (non-hydrogen) atoms. The molecule has 1 aliphatic heterocycles. The van der Waals surface area contributed by atoms with Crippen LogP contribution in [0, 0.1) is 11.6 Å². The third kappa shape index (κ3) is 5.56. The highest BCUT2D eigenvalue weighted by Gasteiger charge is 2.26. The standard InChI is InChI=1S/C27H24F3N3O3/c28-16-20-3-1-2-4-22(20)27(36)33-13-11-32(12-14-33)25(34)17-31-26(35)19-7-5-18(6-8-19)23-15-21(29)9-10-24(23)30/h1-10,15H,11-14,16-17H2,(H,31,35). The van der Waals surface area contributed by atoms with E-state index >= 15 is 0 Å². The largest absolute Gasteiger partial charge is 0.343 e. The lowest BCUT2D eigenvalue weighted by Gasteiger charge is -2.35. The first-order chi connectivity index (χ1) is 17.4. The fourth-order valence-corrected chi connectivity index (χ4v) is 4.06. The van der Waals surface area contributed by atoms with Crippen molar-refractivity contribution in [2.24, 2.45) is 0 Å². The first kappa shape index (κ1) is 25.0. The lowest BCUT2D eigenvalue weighted by atomic mass is 10.0. The maximum Gasteiger partial charge on any atom is 0.254 e. The van der Waals surface area contributed by atoms with Crippen molar-refractivity contribution in [1.29, 1.82) is 0 Å². The van der Waals surface area contributed by atoms with E-state index in [1.165, 1.54) is 24.3 Å². The van der Waals surface area contributed by atoms with Gasteiger partial charge in [-0.25, -0.2) is 13.2 Å². The number of rotatable bonds is 6. The van der Waals surface area contributed by atoms with Crippen LogP contribution in [0.1, 0.15) is 26.3 Å². The normalized spacial score (nSPS) is 13.4. The number of hydrogen-bond donors (Lipinski definition) is 1. The van der Waals surface area contributed by atoms with Gasteiger partial charge in [0.05, 0.1) is 6.54 Å². The molecular formula is C27H24F3N3O3. The number of benzene rings is 3. The number of carbonyl (C=O) groups excluding carboxylic acids is 3. The van der Waals surface area contributed by atoms with E-state index in [0.717, 1.165) is 18.2 Å². The van der Waals surface area contributed by atoms with Gasteiger partial charge in [-0.1, -0.05) is 30.3 Å². The number of piperazine rings is 1. The molecule has 1 aliphatic rings. The molecule has 1 heterocycles. The second-order valence-electron chi connectivity index (χ2n) is 8.35. The van der Waals surface area contributed by atoms with Gasteiger partial charge in [-0.15, -0.1) is 0 Å². The Hall–Kier alpha value is -4.14. The minimum Gasteiger partial charge on any atom is -0.343 e.